The van der Waals surface area contributed by atoms with E-state index in [0.717, 1.165) is 16.5 Å². The Morgan fingerprint density at radius 3 is 2.44 bits per heavy atom. The lowest BCUT2D eigenvalue weighted by molar-refractivity contribution is -0.139. The van der Waals surface area contributed by atoms with Crippen LogP contribution in [0.2, 0.25) is 0 Å². The number of ether oxygens (including phenoxy) is 3. The first kappa shape index (κ1) is 32.1. The van der Waals surface area contributed by atoms with Crippen molar-refractivity contribution in [3.63, 3.8) is 0 Å². The first-order valence-corrected chi connectivity index (χ1v) is 13.9. The number of rotatable bonds is 7. The maximum absolute atomic E-state index is 13.1. The van der Waals surface area contributed by atoms with Crippen LogP contribution in [0.3, 0.4) is 0 Å². The molecule has 234 valence electrons. The number of carbonyl (C=O) groups is 2. The molecule has 1 atom stereocenters. The third kappa shape index (κ3) is 7.39. The summed E-state index contributed by atoms with van der Waals surface area (Å²) < 4.78 is 56.8. The summed E-state index contributed by atoms with van der Waals surface area (Å²) in [6.45, 7) is 8.55. The third-order valence-electron chi connectivity index (χ3n) is 7.38. The minimum Gasteiger partial charge on any atom is -0.496 e. The van der Waals surface area contributed by atoms with Gasteiger partial charge in [-0.1, -0.05) is 0 Å². The van der Waals surface area contributed by atoms with E-state index < -0.39 is 36.3 Å². The Bertz CT molecular complexity index is 1500. The van der Waals surface area contributed by atoms with Gasteiger partial charge in [0.1, 0.15) is 22.7 Å². The van der Waals surface area contributed by atoms with Crippen LogP contribution in [0.25, 0.3) is 10.9 Å². The molecule has 1 aliphatic heterocycles. The second-order valence-corrected chi connectivity index (χ2v) is 11.6. The fraction of sp³-hybridized carbons (Fsp3) is 0.500. The van der Waals surface area contributed by atoms with Crippen LogP contribution in [-0.2, 0) is 16.0 Å². The smallest absolute Gasteiger partial charge is 0.419 e. The number of hydrogen-bond donors (Lipinski definition) is 1. The fourth-order valence-electron chi connectivity index (χ4n) is 5.37. The van der Waals surface area contributed by atoms with Crippen molar-refractivity contribution in [1.82, 2.24) is 19.4 Å². The molecule has 0 bridgehead atoms. The molecule has 1 saturated heterocycles. The molecule has 0 spiro atoms. The van der Waals surface area contributed by atoms with E-state index in [0.29, 0.717) is 36.6 Å². The second-order valence-electron chi connectivity index (χ2n) is 11.6. The van der Waals surface area contributed by atoms with Gasteiger partial charge in [0, 0.05) is 49.9 Å². The van der Waals surface area contributed by atoms with Crippen LogP contribution < -0.4 is 10.5 Å². The maximum atomic E-state index is 13.1. The number of halogens is 3. The van der Waals surface area contributed by atoms with Crippen LogP contribution in [0.1, 0.15) is 60.4 Å². The van der Waals surface area contributed by atoms with Gasteiger partial charge in [-0.25, -0.2) is 14.6 Å². The molecule has 13 heteroatoms. The van der Waals surface area contributed by atoms with Gasteiger partial charge in [-0.3, -0.25) is 14.4 Å². The van der Waals surface area contributed by atoms with Crippen molar-refractivity contribution in [2.75, 3.05) is 46.1 Å². The maximum Gasteiger partial charge on any atom is 0.419 e. The standard InChI is InChI=1S/C30H38F3N5O5/c1-18-15-24(41-5)21(19-9-11-38(25(18)19)28(40)43-29(2,3)4)16-37-14-13-36(12-10-30(31,32)33)17-23(37)22-8-7-20(26(34)35-22)27(39)42-6/h7-9,11,15,23H,10,12-14,16-17H2,1-6H3,(H2,34,35)/t23-/m1/s1. The van der Waals surface area contributed by atoms with E-state index in [9.17, 15) is 22.8 Å². The number of hydrogen-bond acceptors (Lipinski definition) is 9. The van der Waals surface area contributed by atoms with Crippen molar-refractivity contribution in [2.45, 2.75) is 58.5 Å². The largest absolute Gasteiger partial charge is 0.496 e. The molecule has 1 fully saturated rings. The average Bonchev–Trinajstić information content (AvgIpc) is 3.38. The van der Waals surface area contributed by atoms with Crippen molar-refractivity contribution in [3.8, 4) is 5.75 Å². The van der Waals surface area contributed by atoms with E-state index >= 15 is 0 Å². The molecule has 1 aliphatic rings. The normalized spacial score (nSPS) is 16.8. The number of nitrogen functional groups attached to an aromatic ring is 1. The molecule has 2 aromatic heterocycles. The van der Waals surface area contributed by atoms with Gasteiger partial charge in [0.2, 0.25) is 0 Å². The number of alkyl halides is 3. The summed E-state index contributed by atoms with van der Waals surface area (Å²) >= 11 is 0. The van der Waals surface area contributed by atoms with Crippen molar-refractivity contribution in [3.05, 3.63) is 52.8 Å². The number of fused-ring (bicyclic) bond motifs is 1. The Labute approximate surface area is 248 Å². The number of aryl methyl sites for hydroxylation is 1. The Morgan fingerprint density at radius 1 is 1.12 bits per heavy atom. The third-order valence-corrected chi connectivity index (χ3v) is 7.38. The number of benzene rings is 1. The molecule has 43 heavy (non-hydrogen) atoms. The van der Waals surface area contributed by atoms with Gasteiger partial charge in [-0.05, 0) is 57.5 Å². The predicted octanol–water partition coefficient (Wildman–Crippen LogP) is 5.32. The van der Waals surface area contributed by atoms with Gasteiger partial charge in [0.15, 0.2) is 0 Å². The van der Waals surface area contributed by atoms with Gasteiger partial charge in [-0.15, -0.1) is 0 Å². The Morgan fingerprint density at radius 2 is 1.84 bits per heavy atom. The highest BCUT2D eigenvalue weighted by molar-refractivity contribution is 5.95. The minimum atomic E-state index is -4.28. The predicted molar refractivity (Wildman–Crippen MR) is 155 cm³/mol. The van der Waals surface area contributed by atoms with E-state index in [1.54, 1.807) is 45.0 Å². The molecule has 0 saturated carbocycles. The zero-order chi connectivity index (χ0) is 31.7. The molecule has 4 rings (SSSR count). The lowest BCUT2D eigenvalue weighted by Gasteiger charge is -2.41. The molecule has 2 N–H and O–H groups in total. The van der Waals surface area contributed by atoms with Crippen molar-refractivity contribution in [1.29, 1.82) is 0 Å². The number of piperazine rings is 1. The number of methoxy groups -OCH3 is 2. The monoisotopic (exact) mass is 605 g/mol. The molecule has 3 heterocycles. The summed E-state index contributed by atoms with van der Waals surface area (Å²) in [5.74, 6) is -0.0506. The van der Waals surface area contributed by atoms with Crippen molar-refractivity contribution < 1.29 is 37.0 Å². The number of aromatic nitrogens is 2. The summed E-state index contributed by atoms with van der Waals surface area (Å²) in [6.07, 6.45) is -4.06. The van der Waals surface area contributed by atoms with Crippen molar-refractivity contribution in [2.24, 2.45) is 0 Å². The summed E-state index contributed by atoms with van der Waals surface area (Å²) in [5.41, 5.74) is 8.33. The summed E-state index contributed by atoms with van der Waals surface area (Å²) in [5, 5.41) is 0.787. The molecule has 1 aromatic carbocycles. The number of carbonyl (C=O) groups excluding carboxylic acids is 2. The zero-order valence-corrected chi connectivity index (χ0v) is 25.2. The van der Waals surface area contributed by atoms with Gasteiger partial charge >= 0.3 is 18.2 Å². The van der Waals surface area contributed by atoms with Crippen LogP contribution in [0, 0.1) is 6.92 Å². The summed E-state index contributed by atoms with van der Waals surface area (Å²) in [7, 11) is 2.80. The van der Waals surface area contributed by atoms with Crippen molar-refractivity contribution >= 4 is 28.8 Å². The quantitative estimate of drug-likeness (QED) is 0.358. The molecular weight excluding hydrogens is 567 g/mol. The molecule has 10 nitrogen and oxygen atoms in total. The van der Waals surface area contributed by atoms with Crippen LogP contribution in [0.4, 0.5) is 23.8 Å². The summed E-state index contributed by atoms with van der Waals surface area (Å²) in [4.78, 5) is 33.5. The van der Waals surface area contributed by atoms with E-state index in [-0.39, 0.29) is 24.5 Å². The Hall–Kier alpha value is -3.84. The highest BCUT2D eigenvalue weighted by Crippen LogP contribution is 2.36. The van der Waals surface area contributed by atoms with Gasteiger partial charge in [0.05, 0.1) is 37.9 Å². The molecule has 0 aliphatic carbocycles. The fourth-order valence-corrected chi connectivity index (χ4v) is 5.37. The average molecular weight is 606 g/mol. The zero-order valence-electron chi connectivity index (χ0n) is 25.2. The molecule has 0 amide bonds. The lowest BCUT2D eigenvalue weighted by atomic mass is 10.0. The highest BCUT2D eigenvalue weighted by atomic mass is 19.4. The topological polar surface area (TPSA) is 112 Å². The van der Waals surface area contributed by atoms with Gasteiger partial charge in [0.25, 0.3) is 0 Å². The Balaban J connectivity index is 1.74. The first-order chi connectivity index (χ1) is 20.1. The van der Waals surface area contributed by atoms with E-state index in [4.69, 9.17) is 19.9 Å². The number of nitrogens with zero attached hydrogens (tertiary/aromatic N) is 4. The number of esters is 1. The summed E-state index contributed by atoms with van der Waals surface area (Å²) in [6, 6.07) is 6.40. The van der Waals surface area contributed by atoms with E-state index in [2.05, 4.69) is 9.88 Å². The van der Waals surface area contributed by atoms with E-state index in [1.165, 1.54) is 17.7 Å². The SMILES string of the molecule is COC(=O)c1ccc([C@H]2CN(CCC(F)(F)F)CCN2Cc2c(OC)cc(C)c3c2ccn3C(=O)OC(C)(C)C)nc1N. The number of anilines is 1. The highest BCUT2D eigenvalue weighted by Gasteiger charge is 2.34. The Kier molecular flexibility index (Phi) is 9.26. The van der Waals surface area contributed by atoms with E-state index in [1.807, 2.05) is 19.1 Å². The number of nitrogens with two attached hydrogens (primary N) is 1. The molecule has 0 unspecified atom stereocenters. The van der Waals surface area contributed by atoms with Gasteiger partial charge in [-0.2, -0.15) is 13.2 Å². The molecule has 0 radical (unpaired) electrons. The van der Waals surface area contributed by atoms with Crippen LogP contribution in [0.5, 0.6) is 5.75 Å². The second kappa shape index (κ2) is 12.4. The van der Waals surface area contributed by atoms with Crippen LogP contribution >= 0.6 is 0 Å². The molecular formula is C30H38F3N5O5. The van der Waals surface area contributed by atoms with Crippen LogP contribution in [0.15, 0.2) is 30.5 Å². The lowest BCUT2D eigenvalue weighted by Crippen LogP contribution is -2.49. The minimum absolute atomic E-state index is 0.0264. The number of pyridine rings is 1. The van der Waals surface area contributed by atoms with Gasteiger partial charge < -0.3 is 19.9 Å². The molecule has 3 aromatic rings. The first-order valence-electron chi connectivity index (χ1n) is 13.9. The van der Waals surface area contributed by atoms with Crippen LogP contribution in [-0.4, -0.2) is 83.6 Å².